The van der Waals surface area contributed by atoms with Crippen LogP contribution in [0.1, 0.15) is 70.6 Å². The summed E-state index contributed by atoms with van der Waals surface area (Å²) in [6, 6.07) is 0. The Morgan fingerprint density at radius 1 is 0.643 bits per heavy atom. The summed E-state index contributed by atoms with van der Waals surface area (Å²) in [7, 11) is 5.36. The molecule has 0 aliphatic carbocycles. The number of carboxylic acids is 1. The number of alkyl halides is 13. The maximum Gasteiger partial charge on any atom is 0.460 e. The van der Waals surface area contributed by atoms with Gasteiger partial charge >= 0.3 is 47.7 Å². The van der Waals surface area contributed by atoms with Crippen LogP contribution in [0, 0.1) is 0 Å². The number of nitrogens with zero attached hydrogens (tertiary/aromatic N) is 1. The molecule has 1 N–H and O–H groups in total. The van der Waals surface area contributed by atoms with Crippen molar-refractivity contribution in [2.45, 2.75) is 113 Å². The second-order valence-corrected chi connectivity index (χ2v) is 11.0. The SMILES string of the molecule is C[N+](C)(C)CC(CC(=O)O)OC(=O)CCCCCCCCCCC(F)(F)C(F)(F)C(F)(F)C(F)(F)C(F)(F)C(F)(F)F. The third-order valence-electron chi connectivity index (χ3n) is 6.07. The van der Waals surface area contributed by atoms with Crippen molar-refractivity contribution in [2.75, 3.05) is 27.7 Å². The summed E-state index contributed by atoms with van der Waals surface area (Å²) in [5, 5.41) is 8.95. The smallest absolute Gasteiger partial charge is 0.460 e. The van der Waals surface area contributed by atoms with E-state index >= 15 is 0 Å². The Hall–Kier alpha value is -2.01. The van der Waals surface area contributed by atoms with E-state index in [0.717, 1.165) is 0 Å². The fraction of sp³-hybridized carbons (Fsp3) is 0.917. The van der Waals surface area contributed by atoms with Gasteiger partial charge in [0.15, 0.2) is 6.10 Å². The second kappa shape index (κ2) is 14.6. The number of carbonyl (C=O) groups excluding carboxylic acids is 1. The molecule has 42 heavy (non-hydrogen) atoms. The lowest BCUT2D eigenvalue weighted by Crippen LogP contribution is -2.70. The Morgan fingerprint density at radius 2 is 1.05 bits per heavy atom. The highest BCUT2D eigenvalue weighted by Gasteiger charge is 2.90. The van der Waals surface area contributed by atoms with Crippen molar-refractivity contribution in [1.29, 1.82) is 0 Å². The van der Waals surface area contributed by atoms with Crippen molar-refractivity contribution < 1.29 is 81.0 Å². The molecule has 0 saturated heterocycles. The van der Waals surface area contributed by atoms with Crippen molar-refractivity contribution in [3.63, 3.8) is 0 Å². The number of unbranched alkanes of at least 4 members (excludes halogenated alkanes) is 7. The summed E-state index contributed by atoms with van der Waals surface area (Å²) in [6.45, 7) is 0.268. The first-order valence-corrected chi connectivity index (χ1v) is 12.8. The van der Waals surface area contributed by atoms with E-state index in [1.54, 1.807) is 21.1 Å². The Kier molecular flexibility index (Phi) is 13.9. The minimum absolute atomic E-state index is 0.00482. The lowest BCUT2D eigenvalue weighted by Gasteiger charge is -2.39. The Bertz CT molecular complexity index is 871. The Balaban J connectivity index is 4.58. The van der Waals surface area contributed by atoms with E-state index in [0.29, 0.717) is 36.6 Å². The van der Waals surface area contributed by atoms with Crippen LogP contribution in [0.4, 0.5) is 57.1 Å². The molecule has 0 aliphatic rings. The number of rotatable bonds is 20. The lowest BCUT2D eigenvalue weighted by molar-refractivity contribution is -0.873. The molecule has 0 aromatic rings. The zero-order valence-corrected chi connectivity index (χ0v) is 23.1. The molecule has 5 nitrogen and oxygen atoms in total. The van der Waals surface area contributed by atoms with Crippen LogP contribution in [-0.2, 0) is 14.3 Å². The summed E-state index contributed by atoms with van der Waals surface area (Å²) >= 11 is 0. The van der Waals surface area contributed by atoms with Gasteiger partial charge in [0.25, 0.3) is 0 Å². The number of quaternary nitrogens is 1. The van der Waals surface area contributed by atoms with Crippen LogP contribution >= 0.6 is 0 Å². The molecule has 0 radical (unpaired) electrons. The van der Waals surface area contributed by atoms with Gasteiger partial charge in [0.05, 0.1) is 27.6 Å². The van der Waals surface area contributed by atoms with E-state index in [1.165, 1.54) is 0 Å². The van der Waals surface area contributed by atoms with Crippen molar-refractivity contribution in [3.05, 3.63) is 0 Å². The van der Waals surface area contributed by atoms with Crippen LogP contribution in [0.25, 0.3) is 0 Å². The van der Waals surface area contributed by atoms with Crippen molar-refractivity contribution in [3.8, 4) is 0 Å². The highest BCUT2D eigenvalue weighted by molar-refractivity contribution is 5.71. The fourth-order valence-corrected chi connectivity index (χ4v) is 3.83. The molecule has 0 amide bonds. The van der Waals surface area contributed by atoms with Crippen LogP contribution in [-0.4, -0.2) is 91.1 Å². The predicted octanol–water partition coefficient (Wildman–Crippen LogP) is 7.72. The molecule has 0 aromatic heterocycles. The molecule has 0 fully saturated rings. The van der Waals surface area contributed by atoms with Gasteiger partial charge in [0, 0.05) is 12.8 Å². The monoisotopic (exact) mass is 648 g/mol. The number of hydrogen-bond acceptors (Lipinski definition) is 3. The summed E-state index contributed by atoms with van der Waals surface area (Å²) in [5.41, 5.74) is 0. The number of halogens is 13. The first-order chi connectivity index (χ1) is 18.6. The molecule has 0 heterocycles. The molecule has 0 spiro atoms. The third-order valence-corrected chi connectivity index (χ3v) is 6.07. The minimum Gasteiger partial charge on any atom is -0.481 e. The zero-order valence-electron chi connectivity index (χ0n) is 23.1. The van der Waals surface area contributed by atoms with E-state index in [4.69, 9.17) is 9.84 Å². The van der Waals surface area contributed by atoms with Crippen LogP contribution in [0.3, 0.4) is 0 Å². The first kappa shape index (κ1) is 40.0. The molecule has 250 valence electrons. The number of esters is 1. The molecule has 1 atom stereocenters. The molecule has 1 unspecified atom stereocenters. The minimum atomic E-state index is -7.88. The molecule has 0 saturated carbocycles. The predicted molar refractivity (Wildman–Crippen MR) is 122 cm³/mol. The Morgan fingerprint density at radius 3 is 1.45 bits per heavy atom. The molecule has 0 aliphatic heterocycles. The zero-order chi connectivity index (χ0) is 33.4. The van der Waals surface area contributed by atoms with Gasteiger partial charge in [-0.3, -0.25) is 9.59 Å². The van der Waals surface area contributed by atoms with Crippen molar-refractivity contribution in [1.82, 2.24) is 0 Å². The van der Waals surface area contributed by atoms with E-state index in [1.807, 2.05) is 0 Å². The van der Waals surface area contributed by atoms with Crippen molar-refractivity contribution in [2.24, 2.45) is 0 Å². The standard InChI is InChI=1S/C24H34F13NO4/c1-38(2,3)15-16(14-17(39)40)42-18(41)12-10-8-6-4-5-7-9-11-13-19(25,26)20(27,28)21(29,30)22(31,32)23(33,34)24(35,36)37/h16H,4-15H2,1-3H3/p+1. The fourth-order valence-electron chi connectivity index (χ4n) is 3.83. The van der Waals surface area contributed by atoms with E-state index < -0.39 is 66.7 Å². The third kappa shape index (κ3) is 10.6. The van der Waals surface area contributed by atoms with Gasteiger partial charge in [-0.05, 0) is 12.8 Å². The highest BCUT2D eigenvalue weighted by Crippen LogP contribution is 2.60. The van der Waals surface area contributed by atoms with Crippen LogP contribution < -0.4 is 0 Å². The topological polar surface area (TPSA) is 63.6 Å². The number of carboxylic acid groups (broad SMARTS) is 1. The van der Waals surface area contributed by atoms with Crippen LogP contribution in [0.2, 0.25) is 0 Å². The molecule has 0 rings (SSSR count). The number of hydrogen-bond donors (Lipinski definition) is 1. The largest absolute Gasteiger partial charge is 0.481 e. The molecule has 0 bridgehead atoms. The maximum absolute atomic E-state index is 13.8. The number of ether oxygens (including phenoxy) is 1. The average molecular weight is 649 g/mol. The Labute approximate surface area is 233 Å². The number of aliphatic carboxylic acids is 1. The van der Waals surface area contributed by atoms with Gasteiger partial charge in [-0.2, -0.15) is 57.1 Å². The summed E-state index contributed by atoms with van der Waals surface area (Å²) in [5.74, 6) is -38.4. The van der Waals surface area contributed by atoms with Crippen molar-refractivity contribution >= 4 is 11.9 Å². The van der Waals surface area contributed by atoms with Gasteiger partial charge in [-0.1, -0.05) is 38.5 Å². The van der Waals surface area contributed by atoms with E-state index in [2.05, 4.69) is 0 Å². The molecular formula is C24H35F13NO4+. The maximum atomic E-state index is 13.8. The molecule has 18 heteroatoms. The van der Waals surface area contributed by atoms with Gasteiger partial charge in [-0.15, -0.1) is 0 Å². The molecule has 0 aromatic carbocycles. The lowest BCUT2D eigenvalue weighted by atomic mass is 9.91. The quantitative estimate of drug-likeness (QED) is 0.0636. The van der Waals surface area contributed by atoms with Crippen LogP contribution in [0.5, 0.6) is 0 Å². The summed E-state index contributed by atoms with van der Waals surface area (Å²) < 4.78 is 176. The van der Waals surface area contributed by atoms with Gasteiger partial charge in [0.2, 0.25) is 0 Å². The first-order valence-electron chi connectivity index (χ1n) is 12.8. The average Bonchev–Trinajstić information content (AvgIpc) is 2.77. The molecular weight excluding hydrogens is 613 g/mol. The highest BCUT2D eigenvalue weighted by atomic mass is 19.4. The summed E-state index contributed by atoms with van der Waals surface area (Å²) in [6.07, 6.45) is -9.78. The normalized spacial score (nSPS) is 15.0. The van der Waals surface area contributed by atoms with Gasteiger partial charge < -0.3 is 14.3 Å². The van der Waals surface area contributed by atoms with Gasteiger partial charge in [0.1, 0.15) is 6.54 Å². The second-order valence-electron chi connectivity index (χ2n) is 11.0. The number of carbonyl (C=O) groups is 2. The van der Waals surface area contributed by atoms with Crippen LogP contribution in [0.15, 0.2) is 0 Å². The van der Waals surface area contributed by atoms with E-state index in [-0.39, 0.29) is 32.2 Å². The number of likely N-dealkylation sites (N-methyl/N-ethyl adjacent to an activating group) is 1. The van der Waals surface area contributed by atoms with E-state index in [9.17, 15) is 66.7 Å². The van der Waals surface area contributed by atoms with Gasteiger partial charge in [-0.25, -0.2) is 0 Å². The summed E-state index contributed by atoms with van der Waals surface area (Å²) in [4.78, 5) is 22.9.